The highest BCUT2D eigenvalue weighted by molar-refractivity contribution is 5.76. The first kappa shape index (κ1) is 16.1. The first-order valence-corrected chi connectivity index (χ1v) is 8.05. The van der Waals surface area contributed by atoms with Crippen molar-refractivity contribution in [3.05, 3.63) is 53.9 Å². The summed E-state index contributed by atoms with van der Waals surface area (Å²) < 4.78 is 15.5. The lowest BCUT2D eigenvalue weighted by atomic mass is 9.87. The van der Waals surface area contributed by atoms with Crippen molar-refractivity contribution in [1.29, 1.82) is 0 Å². The van der Waals surface area contributed by atoms with E-state index in [1.807, 2.05) is 18.2 Å². The van der Waals surface area contributed by atoms with Crippen molar-refractivity contribution in [2.75, 3.05) is 13.9 Å². The number of hydrogen-bond acceptors (Lipinski definition) is 7. The van der Waals surface area contributed by atoms with Gasteiger partial charge in [-0.15, -0.1) is 0 Å². The molecule has 132 valence electrons. The van der Waals surface area contributed by atoms with Crippen molar-refractivity contribution >= 4 is 17.0 Å². The van der Waals surface area contributed by atoms with Crippen molar-refractivity contribution in [2.24, 2.45) is 0 Å². The SMILES string of the molecule is COC(=O)CC(c1ccc2nccnc2c1)c1cc2c(cc1O)OCO2. The van der Waals surface area contributed by atoms with E-state index < -0.39 is 5.92 Å². The molecule has 0 spiro atoms. The fourth-order valence-electron chi connectivity index (χ4n) is 3.08. The molecule has 7 nitrogen and oxygen atoms in total. The maximum absolute atomic E-state index is 12.0. The molecule has 1 aliphatic heterocycles. The molecule has 1 aliphatic rings. The fourth-order valence-corrected chi connectivity index (χ4v) is 3.08. The van der Waals surface area contributed by atoms with Crippen LogP contribution in [-0.4, -0.2) is 34.9 Å². The van der Waals surface area contributed by atoms with Crippen LogP contribution in [0.15, 0.2) is 42.7 Å². The van der Waals surface area contributed by atoms with E-state index in [2.05, 4.69) is 9.97 Å². The second-order valence-corrected chi connectivity index (χ2v) is 5.90. The van der Waals surface area contributed by atoms with Gasteiger partial charge in [0.1, 0.15) is 5.75 Å². The van der Waals surface area contributed by atoms with E-state index in [1.54, 1.807) is 18.5 Å². The van der Waals surface area contributed by atoms with Crippen LogP contribution in [0.4, 0.5) is 0 Å². The van der Waals surface area contributed by atoms with Gasteiger partial charge in [-0.3, -0.25) is 14.8 Å². The van der Waals surface area contributed by atoms with Crippen LogP contribution in [0.5, 0.6) is 17.2 Å². The normalized spacial score (nSPS) is 13.6. The third kappa shape index (κ3) is 2.88. The molecule has 0 fully saturated rings. The highest BCUT2D eigenvalue weighted by atomic mass is 16.7. The summed E-state index contributed by atoms with van der Waals surface area (Å²) in [6.45, 7) is 0.103. The third-order valence-electron chi connectivity index (χ3n) is 4.39. The Hall–Kier alpha value is -3.35. The summed E-state index contributed by atoms with van der Waals surface area (Å²) in [4.78, 5) is 20.6. The number of aromatic hydroxyl groups is 1. The molecule has 0 bridgehead atoms. The number of methoxy groups -OCH3 is 1. The van der Waals surface area contributed by atoms with Gasteiger partial charge in [-0.25, -0.2) is 0 Å². The zero-order valence-corrected chi connectivity index (χ0v) is 14.0. The molecule has 1 aromatic heterocycles. The number of phenols is 1. The van der Waals surface area contributed by atoms with Crippen LogP contribution in [0, 0.1) is 0 Å². The Kier molecular flexibility index (Phi) is 4.04. The zero-order valence-electron chi connectivity index (χ0n) is 14.0. The molecule has 2 aromatic carbocycles. The van der Waals surface area contributed by atoms with Gasteiger partial charge in [0.05, 0.1) is 24.6 Å². The van der Waals surface area contributed by atoms with Crippen molar-refractivity contribution in [1.82, 2.24) is 9.97 Å². The number of carbonyl (C=O) groups is 1. The standard InChI is InChI=1S/C19H16N2O5/c1-24-19(23)8-12(11-2-3-14-15(6-11)21-5-4-20-14)13-7-17-18(9-16(13)22)26-10-25-17/h2-7,9,12,22H,8,10H2,1H3. The molecule has 1 unspecified atom stereocenters. The van der Waals surface area contributed by atoms with E-state index in [0.29, 0.717) is 22.6 Å². The molecule has 0 saturated carbocycles. The van der Waals surface area contributed by atoms with Gasteiger partial charge in [-0.05, 0) is 23.8 Å². The van der Waals surface area contributed by atoms with Crippen LogP contribution in [0.25, 0.3) is 11.0 Å². The monoisotopic (exact) mass is 352 g/mol. The van der Waals surface area contributed by atoms with Gasteiger partial charge in [0.25, 0.3) is 0 Å². The number of nitrogens with zero attached hydrogens (tertiary/aromatic N) is 2. The summed E-state index contributed by atoms with van der Waals surface area (Å²) in [6, 6.07) is 8.77. The quantitative estimate of drug-likeness (QED) is 0.722. The highest BCUT2D eigenvalue weighted by Crippen LogP contribution is 2.43. The Morgan fingerprint density at radius 2 is 1.88 bits per heavy atom. The second-order valence-electron chi connectivity index (χ2n) is 5.90. The molecule has 1 N–H and O–H groups in total. The van der Waals surface area contributed by atoms with E-state index in [9.17, 15) is 9.90 Å². The van der Waals surface area contributed by atoms with E-state index in [0.717, 1.165) is 11.1 Å². The van der Waals surface area contributed by atoms with Crippen molar-refractivity contribution < 1.29 is 24.1 Å². The van der Waals surface area contributed by atoms with Crippen molar-refractivity contribution in [2.45, 2.75) is 12.3 Å². The molecule has 3 aromatic rings. The van der Waals surface area contributed by atoms with Gasteiger partial charge in [-0.2, -0.15) is 0 Å². The van der Waals surface area contributed by atoms with Gasteiger partial charge in [0, 0.05) is 29.9 Å². The van der Waals surface area contributed by atoms with Gasteiger partial charge >= 0.3 is 5.97 Å². The lowest BCUT2D eigenvalue weighted by Crippen LogP contribution is -2.10. The van der Waals surface area contributed by atoms with E-state index in [4.69, 9.17) is 14.2 Å². The van der Waals surface area contributed by atoms with Crippen molar-refractivity contribution in [3.63, 3.8) is 0 Å². The number of esters is 1. The predicted molar refractivity (Wildman–Crippen MR) is 92.2 cm³/mol. The molecule has 7 heteroatoms. The molecule has 26 heavy (non-hydrogen) atoms. The lowest BCUT2D eigenvalue weighted by Gasteiger charge is -2.19. The van der Waals surface area contributed by atoms with Crippen LogP contribution in [0.2, 0.25) is 0 Å². The maximum atomic E-state index is 12.0. The summed E-state index contributed by atoms with van der Waals surface area (Å²) in [5.41, 5.74) is 2.84. The summed E-state index contributed by atoms with van der Waals surface area (Å²) in [7, 11) is 1.34. The molecule has 2 heterocycles. The number of phenolic OH excluding ortho intramolecular Hbond substituents is 1. The number of aromatic nitrogens is 2. The Balaban J connectivity index is 1.82. The Labute approximate surface area is 149 Å². The number of hydrogen-bond donors (Lipinski definition) is 1. The minimum atomic E-state index is -0.427. The Bertz CT molecular complexity index is 989. The van der Waals surface area contributed by atoms with Crippen LogP contribution in [-0.2, 0) is 9.53 Å². The smallest absolute Gasteiger partial charge is 0.306 e. The second kappa shape index (κ2) is 6.51. The molecule has 0 aliphatic carbocycles. The molecule has 0 saturated heterocycles. The summed E-state index contributed by atoms with van der Waals surface area (Å²) >= 11 is 0. The number of rotatable bonds is 4. The van der Waals surface area contributed by atoms with Gasteiger partial charge in [0.2, 0.25) is 6.79 Å². The lowest BCUT2D eigenvalue weighted by molar-refractivity contribution is -0.140. The van der Waals surface area contributed by atoms with Gasteiger partial charge in [-0.1, -0.05) is 6.07 Å². The van der Waals surface area contributed by atoms with E-state index in [-0.39, 0.29) is 24.9 Å². The van der Waals surface area contributed by atoms with Gasteiger partial charge in [0.15, 0.2) is 11.5 Å². The zero-order chi connectivity index (χ0) is 18.1. The van der Waals surface area contributed by atoms with E-state index in [1.165, 1.54) is 13.2 Å². The Morgan fingerprint density at radius 1 is 1.15 bits per heavy atom. The average Bonchev–Trinajstić information content (AvgIpc) is 3.12. The van der Waals surface area contributed by atoms with Crippen LogP contribution in [0.3, 0.4) is 0 Å². The average molecular weight is 352 g/mol. The molecular weight excluding hydrogens is 336 g/mol. The third-order valence-corrected chi connectivity index (χ3v) is 4.39. The van der Waals surface area contributed by atoms with Gasteiger partial charge < -0.3 is 19.3 Å². The number of ether oxygens (including phenoxy) is 3. The Morgan fingerprint density at radius 3 is 2.65 bits per heavy atom. The first-order valence-electron chi connectivity index (χ1n) is 8.05. The number of benzene rings is 2. The molecule has 0 radical (unpaired) electrons. The predicted octanol–water partition coefficient (Wildman–Crippen LogP) is 2.76. The van der Waals surface area contributed by atoms with Crippen LogP contribution >= 0.6 is 0 Å². The molecule has 0 amide bonds. The first-order chi connectivity index (χ1) is 12.7. The topological polar surface area (TPSA) is 90.8 Å². The minimum absolute atomic E-state index is 0.0300. The summed E-state index contributed by atoms with van der Waals surface area (Å²) in [5.74, 6) is 0.234. The minimum Gasteiger partial charge on any atom is -0.508 e. The molecular formula is C19H16N2O5. The number of fused-ring (bicyclic) bond motifs is 2. The van der Waals surface area contributed by atoms with E-state index >= 15 is 0 Å². The van der Waals surface area contributed by atoms with Crippen molar-refractivity contribution in [3.8, 4) is 17.2 Å². The summed E-state index contributed by atoms with van der Waals surface area (Å²) in [6.07, 6.45) is 3.30. The summed E-state index contributed by atoms with van der Waals surface area (Å²) in [5, 5.41) is 10.5. The fraction of sp³-hybridized carbons (Fsp3) is 0.211. The highest BCUT2D eigenvalue weighted by Gasteiger charge is 2.26. The maximum Gasteiger partial charge on any atom is 0.306 e. The number of carbonyl (C=O) groups excluding carboxylic acids is 1. The van der Waals surface area contributed by atoms with Crippen LogP contribution in [0.1, 0.15) is 23.5 Å². The van der Waals surface area contributed by atoms with Crippen LogP contribution < -0.4 is 9.47 Å². The molecule has 1 atom stereocenters. The molecule has 4 rings (SSSR count). The largest absolute Gasteiger partial charge is 0.508 e.